The Bertz CT molecular complexity index is 1180. The van der Waals surface area contributed by atoms with Crippen molar-refractivity contribution in [3.63, 3.8) is 0 Å². The summed E-state index contributed by atoms with van der Waals surface area (Å²) in [6.45, 7) is 6.06. The molecule has 0 saturated carbocycles. The molecule has 1 amide bonds. The second-order valence-corrected chi connectivity index (χ2v) is 7.92. The van der Waals surface area contributed by atoms with Crippen molar-refractivity contribution < 1.29 is 18.7 Å². The van der Waals surface area contributed by atoms with Gasteiger partial charge in [0.1, 0.15) is 22.9 Å². The van der Waals surface area contributed by atoms with Gasteiger partial charge in [0, 0.05) is 37.2 Å². The molecule has 0 atom stereocenters. The SMILES string of the molecule is CNC(=O)c1cc(Oc2ccc(N)c(Oc3ccc(N=C(C)CC(C)C)c(F)c3)c2)ccn1. The van der Waals surface area contributed by atoms with Gasteiger partial charge in [0.25, 0.3) is 5.91 Å². The minimum atomic E-state index is -0.486. The maximum Gasteiger partial charge on any atom is 0.269 e. The molecule has 172 valence electrons. The quantitative estimate of drug-likeness (QED) is 0.330. The highest BCUT2D eigenvalue weighted by atomic mass is 19.1. The maximum absolute atomic E-state index is 14.6. The second-order valence-electron chi connectivity index (χ2n) is 7.92. The molecule has 3 N–H and O–H groups in total. The van der Waals surface area contributed by atoms with Crippen molar-refractivity contribution in [2.24, 2.45) is 10.9 Å². The van der Waals surface area contributed by atoms with Gasteiger partial charge in [0.2, 0.25) is 0 Å². The predicted molar refractivity (Wildman–Crippen MR) is 127 cm³/mol. The van der Waals surface area contributed by atoms with Crippen LogP contribution in [0.15, 0.2) is 59.7 Å². The van der Waals surface area contributed by atoms with Crippen LogP contribution in [0.25, 0.3) is 0 Å². The Kier molecular flexibility index (Phi) is 7.61. The van der Waals surface area contributed by atoms with Gasteiger partial charge in [-0.2, -0.15) is 0 Å². The molecule has 0 spiro atoms. The molecule has 0 aliphatic carbocycles. The molecule has 0 unspecified atom stereocenters. The van der Waals surface area contributed by atoms with E-state index < -0.39 is 5.82 Å². The van der Waals surface area contributed by atoms with E-state index in [1.54, 1.807) is 36.4 Å². The van der Waals surface area contributed by atoms with Crippen molar-refractivity contribution in [3.05, 3.63) is 66.2 Å². The van der Waals surface area contributed by atoms with Gasteiger partial charge in [-0.3, -0.25) is 14.8 Å². The third-order valence-electron chi connectivity index (χ3n) is 4.57. The number of halogens is 1. The fraction of sp³-hybridized carbons (Fsp3) is 0.240. The van der Waals surface area contributed by atoms with Gasteiger partial charge in [-0.05, 0) is 49.6 Å². The number of aromatic nitrogens is 1. The van der Waals surface area contributed by atoms with Gasteiger partial charge >= 0.3 is 0 Å². The number of pyridine rings is 1. The Hall–Kier alpha value is -3.94. The maximum atomic E-state index is 14.6. The lowest BCUT2D eigenvalue weighted by atomic mass is 10.1. The van der Waals surface area contributed by atoms with Crippen molar-refractivity contribution >= 4 is 23.0 Å². The van der Waals surface area contributed by atoms with E-state index in [0.717, 1.165) is 12.1 Å². The molecule has 0 aliphatic heterocycles. The Morgan fingerprint density at radius 2 is 1.79 bits per heavy atom. The second kappa shape index (κ2) is 10.6. The summed E-state index contributed by atoms with van der Waals surface area (Å²) in [6.07, 6.45) is 2.27. The van der Waals surface area contributed by atoms with Crippen LogP contribution in [0.5, 0.6) is 23.0 Å². The van der Waals surface area contributed by atoms with Crippen molar-refractivity contribution in [2.75, 3.05) is 12.8 Å². The van der Waals surface area contributed by atoms with E-state index in [1.807, 2.05) is 6.92 Å². The number of carbonyl (C=O) groups excluding carboxylic acids is 1. The number of anilines is 1. The average Bonchev–Trinajstić information content (AvgIpc) is 2.77. The van der Waals surface area contributed by atoms with Crippen LogP contribution in [0.2, 0.25) is 0 Å². The highest BCUT2D eigenvalue weighted by Crippen LogP contribution is 2.34. The molecule has 3 rings (SSSR count). The zero-order valence-electron chi connectivity index (χ0n) is 19.1. The molecule has 1 heterocycles. The molecule has 1 aromatic heterocycles. The monoisotopic (exact) mass is 450 g/mol. The van der Waals surface area contributed by atoms with E-state index in [4.69, 9.17) is 15.2 Å². The number of carbonyl (C=O) groups is 1. The van der Waals surface area contributed by atoms with Crippen LogP contribution in [0.4, 0.5) is 15.8 Å². The smallest absolute Gasteiger partial charge is 0.269 e. The number of nitrogens with one attached hydrogen (secondary N) is 1. The molecular formula is C25H27FN4O3. The van der Waals surface area contributed by atoms with Crippen LogP contribution in [-0.4, -0.2) is 23.7 Å². The summed E-state index contributed by atoms with van der Waals surface area (Å²) < 4.78 is 26.2. The number of nitrogen functional groups attached to an aromatic ring is 1. The fourth-order valence-electron chi connectivity index (χ4n) is 3.14. The first-order chi connectivity index (χ1) is 15.7. The zero-order valence-corrected chi connectivity index (χ0v) is 19.1. The molecule has 0 fully saturated rings. The summed E-state index contributed by atoms with van der Waals surface area (Å²) in [5, 5.41) is 2.51. The standard InChI is InChI=1S/C25H27FN4O3/c1-15(2)11-16(3)30-22-8-6-17(12-20(22)26)33-24-14-18(5-7-21(24)27)32-19-9-10-29-23(13-19)25(31)28-4/h5-10,12-15H,11,27H2,1-4H3,(H,28,31). The Morgan fingerprint density at radius 3 is 2.48 bits per heavy atom. The predicted octanol–water partition coefficient (Wildman–Crippen LogP) is 5.89. The number of hydrogen-bond acceptors (Lipinski definition) is 6. The van der Waals surface area contributed by atoms with Crippen LogP contribution in [0, 0.1) is 11.7 Å². The first-order valence-electron chi connectivity index (χ1n) is 10.5. The number of rotatable bonds is 8. The number of nitrogens with two attached hydrogens (primary N) is 1. The number of ether oxygens (including phenoxy) is 2. The molecule has 0 bridgehead atoms. The minimum Gasteiger partial charge on any atom is -0.457 e. The third kappa shape index (κ3) is 6.52. The minimum absolute atomic E-state index is 0.226. The van der Waals surface area contributed by atoms with E-state index in [2.05, 4.69) is 29.1 Å². The van der Waals surface area contributed by atoms with Gasteiger partial charge in [-0.1, -0.05) is 13.8 Å². The third-order valence-corrected chi connectivity index (χ3v) is 4.57. The summed E-state index contributed by atoms with van der Waals surface area (Å²) in [6, 6.07) is 12.5. The van der Waals surface area contributed by atoms with E-state index in [0.29, 0.717) is 28.9 Å². The van der Waals surface area contributed by atoms with Crippen molar-refractivity contribution in [3.8, 4) is 23.0 Å². The van der Waals surface area contributed by atoms with Crippen LogP contribution in [0.1, 0.15) is 37.7 Å². The van der Waals surface area contributed by atoms with Crippen molar-refractivity contribution in [1.29, 1.82) is 0 Å². The lowest BCUT2D eigenvalue weighted by Crippen LogP contribution is -2.18. The van der Waals surface area contributed by atoms with Gasteiger partial charge in [-0.15, -0.1) is 0 Å². The number of benzene rings is 2. The number of nitrogens with zero attached hydrogens (tertiary/aromatic N) is 2. The van der Waals surface area contributed by atoms with Crippen molar-refractivity contribution in [2.45, 2.75) is 27.2 Å². The topological polar surface area (TPSA) is 98.8 Å². The normalized spacial score (nSPS) is 11.4. The average molecular weight is 451 g/mol. The summed E-state index contributed by atoms with van der Waals surface area (Å²) in [7, 11) is 1.52. The molecule has 0 aliphatic rings. The van der Waals surface area contributed by atoms with Gasteiger partial charge in [0.15, 0.2) is 11.6 Å². The lowest BCUT2D eigenvalue weighted by molar-refractivity contribution is 0.0958. The van der Waals surface area contributed by atoms with E-state index in [9.17, 15) is 9.18 Å². The summed E-state index contributed by atoms with van der Waals surface area (Å²) in [5.41, 5.74) is 7.74. The lowest BCUT2D eigenvalue weighted by Gasteiger charge is -2.12. The first-order valence-corrected chi connectivity index (χ1v) is 10.5. The van der Waals surface area contributed by atoms with E-state index in [1.165, 1.54) is 25.4 Å². The first kappa shape index (κ1) is 23.7. The molecule has 0 saturated heterocycles. The summed E-state index contributed by atoms with van der Waals surface area (Å²) in [4.78, 5) is 20.1. The molecule has 0 radical (unpaired) electrons. The highest BCUT2D eigenvalue weighted by molar-refractivity contribution is 5.92. The number of hydrogen-bond donors (Lipinski definition) is 2. The summed E-state index contributed by atoms with van der Waals surface area (Å²) in [5.74, 6) is 1.07. The number of aliphatic imine (C=N–C) groups is 1. The molecule has 33 heavy (non-hydrogen) atoms. The van der Waals surface area contributed by atoms with E-state index >= 15 is 0 Å². The fourth-order valence-corrected chi connectivity index (χ4v) is 3.14. The number of amides is 1. The molecule has 8 heteroatoms. The van der Waals surface area contributed by atoms with Crippen LogP contribution in [-0.2, 0) is 0 Å². The Balaban J connectivity index is 1.78. The van der Waals surface area contributed by atoms with Gasteiger partial charge < -0.3 is 20.5 Å². The molecule has 2 aromatic carbocycles. The van der Waals surface area contributed by atoms with Crippen LogP contribution >= 0.6 is 0 Å². The van der Waals surface area contributed by atoms with Crippen molar-refractivity contribution in [1.82, 2.24) is 10.3 Å². The zero-order chi connectivity index (χ0) is 24.0. The molecular weight excluding hydrogens is 423 g/mol. The largest absolute Gasteiger partial charge is 0.457 e. The van der Waals surface area contributed by atoms with Crippen LogP contribution < -0.4 is 20.5 Å². The molecule has 3 aromatic rings. The molecule has 7 nitrogen and oxygen atoms in total. The summed E-state index contributed by atoms with van der Waals surface area (Å²) >= 11 is 0. The highest BCUT2D eigenvalue weighted by Gasteiger charge is 2.11. The van der Waals surface area contributed by atoms with Gasteiger partial charge in [-0.25, -0.2) is 4.39 Å². The van der Waals surface area contributed by atoms with E-state index in [-0.39, 0.29) is 23.0 Å². The van der Waals surface area contributed by atoms with Crippen LogP contribution in [0.3, 0.4) is 0 Å². The van der Waals surface area contributed by atoms with Gasteiger partial charge in [0.05, 0.1) is 11.4 Å². The Morgan fingerprint density at radius 1 is 1.09 bits per heavy atom. The Labute approximate surface area is 192 Å².